The van der Waals surface area contributed by atoms with Crippen LogP contribution < -0.4 is 0 Å². The van der Waals surface area contributed by atoms with Crippen molar-refractivity contribution in [1.82, 2.24) is 14.1 Å². The molecule has 12 nitrogen and oxygen atoms in total. The van der Waals surface area contributed by atoms with E-state index in [9.17, 15) is 23.1 Å². The molecule has 0 unspecified atom stereocenters. The minimum Gasteiger partial charge on any atom is -0.465 e. The van der Waals surface area contributed by atoms with Crippen molar-refractivity contribution in [3.63, 3.8) is 0 Å². The van der Waals surface area contributed by atoms with Crippen LogP contribution in [-0.4, -0.2) is 137 Å². The van der Waals surface area contributed by atoms with E-state index in [0.717, 1.165) is 0 Å². The number of benzene rings is 1. The van der Waals surface area contributed by atoms with Crippen molar-refractivity contribution in [3.05, 3.63) is 35.9 Å². The Morgan fingerprint density at radius 1 is 1.04 bits per heavy atom. The van der Waals surface area contributed by atoms with Crippen LogP contribution in [0.15, 0.2) is 30.3 Å². The fourth-order valence-corrected chi connectivity index (χ4v) is 8.79. The fraction of sp³-hybridized carbons (Fsp3) is 0.778. The zero-order valence-electron chi connectivity index (χ0n) is 31.3. The molecule has 1 aromatic carbocycles. The van der Waals surface area contributed by atoms with Crippen LogP contribution in [0.1, 0.15) is 66.4 Å². The number of rotatable bonds is 7. The molecule has 2 aliphatic heterocycles. The molecule has 0 saturated carbocycles. The predicted octanol–water partition coefficient (Wildman–Crippen LogP) is 3.17. The van der Waals surface area contributed by atoms with E-state index in [-0.39, 0.29) is 49.9 Å². The number of Topliss-reactive ketones (excluding diaryl/α,β-unsaturated/α-hetero) is 1. The molecule has 8 atom stereocenters. The van der Waals surface area contributed by atoms with Gasteiger partial charge in [0, 0.05) is 45.2 Å². The van der Waals surface area contributed by atoms with E-state index >= 15 is 0 Å². The second-order valence-corrected chi connectivity index (χ2v) is 17.1. The van der Waals surface area contributed by atoms with Gasteiger partial charge in [-0.3, -0.25) is 9.59 Å². The Morgan fingerprint density at radius 3 is 2.31 bits per heavy atom. The molecule has 0 aliphatic carbocycles. The van der Waals surface area contributed by atoms with Gasteiger partial charge in [-0.15, -0.1) is 0 Å². The summed E-state index contributed by atoms with van der Waals surface area (Å²) < 4.78 is 53.2. The highest BCUT2D eigenvalue weighted by Crippen LogP contribution is 2.38. The molecule has 0 radical (unpaired) electrons. The van der Waals surface area contributed by atoms with E-state index in [0.29, 0.717) is 31.5 Å². The van der Waals surface area contributed by atoms with Crippen molar-refractivity contribution in [2.24, 2.45) is 17.3 Å². The summed E-state index contributed by atoms with van der Waals surface area (Å²) in [6, 6.07) is 8.83. The third-order valence-electron chi connectivity index (χ3n) is 10.1. The fourth-order valence-electron chi connectivity index (χ4n) is 7.23. The van der Waals surface area contributed by atoms with E-state index < -0.39 is 57.2 Å². The van der Waals surface area contributed by atoms with E-state index in [1.165, 1.54) is 18.2 Å². The van der Waals surface area contributed by atoms with Crippen molar-refractivity contribution in [1.29, 1.82) is 0 Å². The van der Waals surface area contributed by atoms with Crippen LogP contribution in [0.25, 0.3) is 0 Å². The summed E-state index contributed by atoms with van der Waals surface area (Å²) in [7, 11) is 3.65. The standard InChI is InChI=1S/C36H61N3O9S/c1-25-22-36(6,45-10)32(48-33-30(40)29(37(7)8)21-26(2)47-33)27(3)31(41)35(4,5)34(42)46-20-14-17-39(19-18-38(9)23-25)49(43,44)24-28-15-12-11-13-16-28/h11-13,15-16,25-27,29-30,32-33,40H,14,17-24H2,1-10H3/t25-,26-,27+,29+,30-,32-,33+,36-/m1/s1. The number of methoxy groups -OCH3 is 1. The number of nitrogens with zero attached hydrogens (tertiary/aromatic N) is 3. The summed E-state index contributed by atoms with van der Waals surface area (Å²) in [5, 5.41) is 11.4. The number of cyclic esters (lactones) is 1. The normalized spacial score (nSPS) is 34.0. The number of carbonyl (C=O) groups excluding carboxylic acids is 2. The summed E-state index contributed by atoms with van der Waals surface area (Å²) in [6.45, 7) is 12.2. The van der Waals surface area contributed by atoms with Crippen LogP contribution in [0.3, 0.4) is 0 Å². The molecule has 280 valence electrons. The molecular weight excluding hydrogens is 650 g/mol. The molecular formula is C36H61N3O9S. The number of ether oxygens (including phenoxy) is 4. The van der Waals surface area contributed by atoms with Gasteiger partial charge in [-0.1, -0.05) is 44.2 Å². The minimum absolute atomic E-state index is 0.0250. The number of sulfonamides is 1. The first-order valence-electron chi connectivity index (χ1n) is 17.4. The highest BCUT2D eigenvalue weighted by molar-refractivity contribution is 7.88. The van der Waals surface area contributed by atoms with Crippen LogP contribution in [-0.2, 0) is 44.3 Å². The summed E-state index contributed by atoms with van der Waals surface area (Å²) in [5.74, 6) is -2.05. The molecule has 0 amide bonds. The van der Waals surface area contributed by atoms with Gasteiger partial charge in [-0.2, -0.15) is 0 Å². The molecule has 2 saturated heterocycles. The molecule has 13 heteroatoms. The van der Waals surface area contributed by atoms with Gasteiger partial charge in [0.05, 0.1) is 30.2 Å². The Hall–Kier alpha value is -1.97. The van der Waals surface area contributed by atoms with Crippen LogP contribution in [0.5, 0.6) is 0 Å². The molecule has 1 aromatic rings. The van der Waals surface area contributed by atoms with Crippen LogP contribution in [0.4, 0.5) is 0 Å². The Kier molecular flexibility index (Phi) is 14.8. The van der Waals surface area contributed by atoms with Crippen LogP contribution in [0, 0.1) is 17.3 Å². The number of esters is 1. The summed E-state index contributed by atoms with van der Waals surface area (Å²) >= 11 is 0. The van der Waals surface area contributed by atoms with Crippen LogP contribution in [0.2, 0.25) is 0 Å². The number of hydrogen-bond donors (Lipinski definition) is 1. The average molecular weight is 712 g/mol. The lowest BCUT2D eigenvalue weighted by molar-refractivity contribution is -0.295. The van der Waals surface area contributed by atoms with Crippen molar-refractivity contribution in [3.8, 4) is 0 Å². The molecule has 2 aliphatic rings. The molecule has 2 heterocycles. The van der Waals surface area contributed by atoms with E-state index in [1.54, 1.807) is 26.2 Å². The average Bonchev–Trinajstić information content (AvgIpc) is 3.02. The van der Waals surface area contributed by atoms with Gasteiger partial charge in [0.25, 0.3) is 0 Å². The molecule has 2 fully saturated rings. The summed E-state index contributed by atoms with van der Waals surface area (Å²) in [4.78, 5) is 31.8. The highest BCUT2D eigenvalue weighted by Gasteiger charge is 2.51. The third kappa shape index (κ3) is 10.8. The lowest BCUT2D eigenvalue weighted by Crippen LogP contribution is -2.59. The molecule has 49 heavy (non-hydrogen) atoms. The smallest absolute Gasteiger partial charge is 0.319 e. The number of aliphatic hydroxyl groups is 1. The van der Waals surface area contributed by atoms with Crippen molar-refractivity contribution < 1.29 is 42.1 Å². The summed E-state index contributed by atoms with van der Waals surface area (Å²) in [5.41, 5.74) is -1.88. The maximum atomic E-state index is 14.2. The first-order valence-corrected chi connectivity index (χ1v) is 19.1. The van der Waals surface area contributed by atoms with Crippen molar-refractivity contribution in [2.75, 3.05) is 61.0 Å². The van der Waals surface area contributed by atoms with Gasteiger partial charge in [-0.25, -0.2) is 12.7 Å². The quantitative estimate of drug-likeness (QED) is 0.330. The predicted molar refractivity (Wildman–Crippen MR) is 188 cm³/mol. The van der Waals surface area contributed by atoms with Gasteiger partial charge in [0.15, 0.2) is 12.1 Å². The zero-order chi connectivity index (χ0) is 36.7. The van der Waals surface area contributed by atoms with Gasteiger partial charge in [-0.05, 0) is 79.6 Å². The maximum Gasteiger partial charge on any atom is 0.319 e. The first-order chi connectivity index (χ1) is 22.8. The molecule has 0 spiro atoms. The second-order valence-electron chi connectivity index (χ2n) is 15.1. The van der Waals surface area contributed by atoms with Gasteiger partial charge < -0.3 is 33.9 Å². The number of likely N-dealkylation sites (N-methyl/N-ethyl adjacent to an activating group) is 2. The summed E-state index contributed by atoms with van der Waals surface area (Å²) in [6.07, 6.45) is -1.76. The minimum atomic E-state index is -3.67. The maximum absolute atomic E-state index is 14.2. The highest BCUT2D eigenvalue weighted by atomic mass is 32.2. The number of hydrogen-bond acceptors (Lipinski definition) is 11. The largest absolute Gasteiger partial charge is 0.465 e. The Labute approximate surface area is 294 Å². The zero-order valence-corrected chi connectivity index (χ0v) is 32.1. The van der Waals surface area contributed by atoms with Crippen molar-refractivity contribution >= 4 is 21.8 Å². The number of carbonyl (C=O) groups is 2. The molecule has 1 N–H and O–H groups in total. The van der Waals surface area contributed by atoms with Gasteiger partial charge in [0.1, 0.15) is 11.5 Å². The molecule has 0 bridgehead atoms. The Balaban J connectivity index is 1.95. The molecule has 0 aromatic heterocycles. The third-order valence-corrected chi connectivity index (χ3v) is 11.9. The molecule has 3 rings (SSSR count). The van der Waals surface area contributed by atoms with E-state index in [2.05, 4.69) is 11.8 Å². The SMILES string of the molecule is CO[C@]1(C)C[C@@H](C)CN(C)CCN(S(=O)(=O)Cc2ccccc2)CCCOC(=O)C(C)(C)C(=O)[C@H](C)[C@H]1O[C@@H]1O[C@H](C)C[C@H](N(C)C)[C@H]1O. The lowest BCUT2D eigenvalue weighted by Gasteiger charge is -2.47. The van der Waals surface area contributed by atoms with Gasteiger partial charge in [0.2, 0.25) is 10.0 Å². The Morgan fingerprint density at radius 2 is 1.69 bits per heavy atom. The van der Waals surface area contributed by atoms with Crippen LogP contribution >= 0.6 is 0 Å². The van der Waals surface area contributed by atoms with E-state index in [1.807, 2.05) is 58.1 Å². The van der Waals surface area contributed by atoms with Crippen molar-refractivity contribution in [2.45, 2.75) is 103 Å². The van der Waals surface area contributed by atoms with E-state index in [4.69, 9.17) is 18.9 Å². The Bertz CT molecular complexity index is 1330. The second kappa shape index (κ2) is 17.5. The van der Waals surface area contributed by atoms with Gasteiger partial charge >= 0.3 is 5.97 Å². The first kappa shape index (κ1) is 41.5. The monoisotopic (exact) mass is 711 g/mol. The number of aliphatic hydroxyl groups excluding tert-OH is 1. The topological polar surface area (TPSA) is 135 Å². The lowest BCUT2D eigenvalue weighted by atomic mass is 9.74. The number of ketones is 1.